The van der Waals surface area contributed by atoms with Crippen LogP contribution in [0.4, 0.5) is 10.1 Å². The fourth-order valence-electron chi connectivity index (χ4n) is 5.75. The molecule has 2 aliphatic heterocycles. The van der Waals surface area contributed by atoms with Crippen LogP contribution in [0.5, 0.6) is 0 Å². The van der Waals surface area contributed by atoms with Gasteiger partial charge in [-0.1, -0.05) is 12.1 Å². The van der Waals surface area contributed by atoms with E-state index in [0.29, 0.717) is 37.2 Å². The SMILES string of the molecule is CC(=O)Nc1ccc(CCS(=O)(=O)N2CCC3(CC2)N=C(C2CCC(C/C=C/F)CC2)NC3=O)c(C)c1. The van der Waals surface area contributed by atoms with Crippen molar-refractivity contribution in [2.24, 2.45) is 16.8 Å². The number of amides is 2. The van der Waals surface area contributed by atoms with E-state index in [4.69, 9.17) is 4.99 Å². The van der Waals surface area contributed by atoms with Crippen molar-refractivity contribution in [2.75, 3.05) is 24.2 Å². The first-order chi connectivity index (χ1) is 17.6. The molecule has 1 saturated carbocycles. The van der Waals surface area contributed by atoms with Gasteiger partial charge < -0.3 is 10.6 Å². The second-order valence-corrected chi connectivity index (χ2v) is 12.7. The van der Waals surface area contributed by atoms with Crippen molar-refractivity contribution in [3.8, 4) is 0 Å². The summed E-state index contributed by atoms with van der Waals surface area (Å²) in [4.78, 5) is 29.0. The number of allylic oxidation sites excluding steroid dienone is 1. The van der Waals surface area contributed by atoms with E-state index < -0.39 is 15.6 Å². The first kappa shape index (κ1) is 27.4. The van der Waals surface area contributed by atoms with Crippen molar-refractivity contribution in [1.29, 1.82) is 0 Å². The molecule has 1 aliphatic carbocycles. The molecule has 2 fully saturated rings. The predicted octanol–water partition coefficient (Wildman–Crippen LogP) is 3.87. The van der Waals surface area contributed by atoms with Gasteiger partial charge in [0.25, 0.3) is 5.91 Å². The molecule has 202 valence electrons. The largest absolute Gasteiger partial charge is 0.326 e. The van der Waals surface area contributed by atoms with Crippen LogP contribution in [0.2, 0.25) is 0 Å². The van der Waals surface area contributed by atoms with Crippen molar-refractivity contribution < 1.29 is 22.4 Å². The number of benzene rings is 1. The van der Waals surface area contributed by atoms with Gasteiger partial charge in [0.15, 0.2) is 0 Å². The molecular weight excluding hydrogens is 495 g/mol. The Morgan fingerprint density at radius 2 is 1.95 bits per heavy atom. The monoisotopic (exact) mass is 532 g/mol. The highest BCUT2D eigenvalue weighted by molar-refractivity contribution is 7.89. The van der Waals surface area contributed by atoms with Crippen LogP contribution in [0.25, 0.3) is 0 Å². The molecule has 1 aromatic rings. The van der Waals surface area contributed by atoms with Crippen molar-refractivity contribution in [1.82, 2.24) is 9.62 Å². The normalized spacial score (nSPS) is 24.3. The molecule has 4 rings (SSSR count). The lowest BCUT2D eigenvalue weighted by Gasteiger charge is -2.34. The lowest BCUT2D eigenvalue weighted by atomic mass is 9.80. The minimum absolute atomic E-state index is 0.0120. The number of nitrogens with one attached hydrogen (secondary N) is 2. The zero-order valence-corrected chi connectivity index (χ0v) is 22.4. The first-order valence-corrected chi connectivity index (χ1v) is 14.7. The Kier molecular flexibility index (Phi) is 8.48. The lowest BCUT2D eigenvalue weighted by Crippen LogP contribution is -2.51. The highest BCUT2D eigenvalue weighted by Crippen LogP contribution is 2.37. The molecule has 0 unspecified atom stereocenters. The number of amidine groups is 1. The van der Waals surface area contributed by atoms with Crippen LogP contribution in [0.1, 0.15) is 63.0 Å². The molecule has 2 amide bonds. The number of nitrogens with zero attached hydrogens (tertiary/aromatic N) is 2. The molecule has 0 bridgehead atoms. The summed E-state index contributed by atoms with van der Waals surface area (Å²) in [5.41, 5.74) is 1.67. The Morgan fingerprint density at radius 1 is 1.24 bits per heavy atom. The Hall–Kier alpha value is -2.59. The number of carbonyl (C=O) groups excluding carboxylic acids is 2. The van der Waals surface area contributed by atoms with Crippen molar-refractivity contribution in [3.05, 3.63) is 41.7 Å². The number of hydrogen-bond acceptors (Lipinski definition) is 5. The predicted molar refractivity (Wildman–Crippen MR) is 142 cm³/mol. The summed E-state index contributed by atoms with van der Waals surface area (Å²) in [6.07, 6.45) is 7.87. The standard InChI is InChI=1S/C27H37FN4O4S/c1-19-18-24(29-20(2)33)10-9-22(19)11-17-37(35,36)32-15-12-27(13-16-32)26(34)30-25(31-27)23-7-5-21(6-8-23)4-3-14-28/h3,9-10,14,18,21,23H,4-8,11-13,15-17H2,1-2H3,(H,29,33)(H,30,31,34)/b14-3+. The molecule has 37 heavy (non-hydrogen) atoms. The van der Waals surface area contributed by atoms with Crippen LogP contribution in [-0.2, 0) is 26.0 Å². The van der Waals surface area contributed by atoms with E-state index in [-0.39, 0.29) is 36.6 Å². The minimum atomic E-state index is -3.49. The second kappa shape index (κ2) is 11.4. The van der Waals surface area contributed by atoms with E-state index in [1.165, 1.54) is 11.2 Å². The van der Waals surface area contributed by atoms with Gasteiger partial charge in [0, 0.05) is 31.6 Å². The Morgan fingerprint density at radius 3 is 2.57 bits per heavy atom. The molecule has 8 nitrogen and oxygen atoms in total. The Balaban J connectivity index is 1.32. The Bertz CT molecular complexity index is 1180. The summed E-state index contributed by atoms with van der Waals surface area (Å²) in [5, 5.41) is 5.74. The number of aliphatic imine (C=N–C) groups is 1. The molecular formula is C27H37FN4O4S. The molecule has 0 radical (unpaired) electrons. The maximum absolute atomic E-state index is 13.1. The van der Waals surface area contributed by atoms with Gasteiger partial charge in [0.1, 0.15) is 11.4 Å². The quantitative estimate of drug-likeness (QED) is 0.530. The molecule has 1 aromatic carbocycles. The van der Waals surface area contributed by atoms with Crippen molar-refractivity contribution in [3.63, 3.8) is 0 Å². The molecule has 10 heteroatoms. The Labute approximate surface area is 218 Å². The summed E-state index contributed by atoms with van der Waals surface area (Å²) in [5.74, 6) is 1.15. The smallest absolute Gasteiger partial charge is 0.253 e. The van der Waals surface area contributed by atoms with Gasteiger partial charge in [-0.3, -0.25) is 14.6 Å². The van der Waals surface area contributed by atoms with Crippen LogP contribution >= 0.6 is 0 Å². The third-order valence-corrected chi connectivity index (χ3v) is 9.90. The number of hydrogen-bond donors (Lipinski definition) is 2. The van der Waals surface area contributed by atoms with E-state index in [2.05, 4.69) is 10.6 Å². The van der Waals surface area contributed by atoms with E-state index in [0.717, 1.165) is 49.1 Å². The summed E-state index contributed by atoms with van der Waals surface area (Å²) >= 11 is 0. The second-order valence-electron chi connectivity index (χ2n) is 10.6. The first-order valence-electron chi connectivity index (χ1n) is 13.1. The molecule has 3 aliphatic rings. The molecule has 0 atom stereocenters. The minimum Gasteiger partial charge on any atom is -0.326 e. The average molecular weight is 533 g/mol. The number of anilines is 1. The molecule has 2 heterocycles. The topological polar surface area (TPSA) is 108 Å². The third kappa shape index (κ3) is 6.46. The number of halogens is 1. The summed E-state index contributed by atoms with van der Waals surface area (Å²) in [6, 6.07) is 5.48. The summed E-state index contributed by atoms with van der Waals surface area (Å²) < 4.78 is 40.0. The van der Waals surface area contributed by atoms with E-state index in [1.54, 1.807) is 12.1 Å². The molecule has 1 spiro atoms. The van der Waals surface area contributed by atoms with Crippen LogP contribution in [0.3, 0.4) is 0 Å². The number of rotatable bonds is 8. The van der Waals surface area contributed by atoms with Gasteiger partial charge in [-0.25, -0.2) is 17.1 Å². The van der Waals surface area contributed by atoms with Gasteiger partial charge in [-0.2, -0.15) is 0 Å². The zero-order valence-electron chi connectivity index (χ0n) is 21.6. The van der Waals surface area contributed by atoms with Crippen molar-refractivity contribution in [2.45, 2.75) is 70.8 Å². The number of sulfonamides is 1. The third-order valence-electron chi connectivity index (χ3n) is 8.03. The van der Waals surface area contributed by atoms with E-state index in [9.17, 15) is 22.4 Å². The molecule has 1 saturated heterocycles. The maximum atomic E-state index is 13.1. The number of piperidine rings is 1. The average Bonchev–Trinajstić information content (AvgIpc) is 3.17. The van der Waals surface area contributed by atoms with Gasteiger partial charge in [0.2, 0.25) is 15.9 Å². The highest BCUT2D eigenvalue weighted by Gasteiger charge is 2.48. The fourth-order valence-corrected chi connectivity index (χ4v) is 7.22. The molecule has 0 aromatic heterocycles. The van der Waals surface area contributed by atoms with Crippen LogP contribution < -0.4 is 10.6 Å². The summed E-state index contributed by atoms with van der Waals surface area (Å²) in [6.45, 7) is 3.89. The number of carbonyl (C=O) groups is 2. The lowest BCUT2D eigenvalue weighted by molar-refractivity contribution is -0.125. The maximum Gasteiger partial charge on any atom is 0.253 e. The fraction of sp³-hybridized carbons (Fsp3) is 0.593. The molecule has 2 N–H and O–H groups in total. The van der Waals surface area contributed by atoms with Crippen LogP contribution in [-0.4, -0.2) is 54.8 Å². The van der Waals surface area contributed by atoms with Gasteiger partial charge in [-0.05, 0) is 87.5 Å². The van der Waals surface area contributed by atoms with E-state index in [1.807, 2.05) is 19.1 Å². The van der Waals surface area contributed by atoms with Gasteiger partial charge in [0.05, 0.1) is 12.1 Å². The van der Waals surface area contributed by atoms with E-state index >= 15 is 0 Å². The van der Waals surface area contributed by atoms with Crippen molar-refractivity contribution >= 4 is 33.4 Å². The van der Waals surface area contributed by atoms with Crippen LogP contribution in [0, 0.1) is 18.8 Å². The van der Waals surface area contributed by atoms with Gasteiger partial charge >= 0.3 is 0 Å². The highest BCUT2D eigenvalue weighted by atomic mass is 32.2. The summed E-state index contributed by atoms with van der Waals surface area (Å²) in [7, 11) is -3.49. The van der Waals surface area contributed by atoms with Gasteiger partial charge in [-0.15, -0.1) is 0 Å². The zero-order chi connectivity index (χ0) is 26.6. The number of aryl methyl sites for hydroxylation is 2. The van der Waals surface area contributed by atoms with Crippen LogP contribution in [0.15, 0.2) is 35.6 Å².